The van der Waals surface area contributed by atoms with Gasteiger partial charge in [0.1, 0.15) is 11.4 Å². The van der Waals surface area contributed by atoms with Gasteiger partial charge in [0, 0.05) is 51.9 Å². The van der Waals surface area contributed by atoms with Crippen molar-refractivity contribution >= 4 is 17.8 Å². The van der Waals surface area contributed by atoms with Crippen LogP contribution in [0.3, 0.4) is 0 Å². The third kappa shape index (κ3) is 3.77. The first-order chi connectivity index (χ1) is 13.0. The van der Waals surface area contributed by atoms with Crippen LogP contribution in [0.15, 0.2) is 24.3 Å². The maximum atomic E-state index is 12.5. The Hall–Kier alpha value is -2.57. The highest BCUT2D eigenvalue weighted by Gasteiger charge is 2.40. The van der Waals surface area contributed by atoms with Crippen molar-refractivity contribution in [3.63, 3.8) is 0 Å². The number of rotatable bonds is 3. The lowest BCUT2D eigenvalue weighted by molar-refractivity contribution is -0.135. The average molecular weight is 371 g/mol. The number of hydrogen-bond acceptors (Lipinski definition) is 4. The van der Waals surface area contributed by atoms with Crippen molar-refractivity contribution in [2.45, 2.75) is 44.1 Å². The number of fused-ring (bicyclic) bond motifs is 1. The highest BCUT2D eigenvalue weighted by molar-refractivity contribution is 5.96. The van der Waals surface area contributed by atoms with Gasteiger partial charge in [-0.3, -0.25) is 14.9 Å². The Morgan fingerprint density at radius 1 is 1.07 bits per heavy atom. The van der Waals surface area contributed by atoms with Crippen LogP contribution in [0.1, 0.15) is 37.7 Å². The lowest BCUT2D eigenvalue weighted by Gasteiger charge is -2.44. The molecule has 2 saturated heterocycles. The van der Waals surface area contributed by atoms with Crippen molar-refractivity contribution in [2.24, 2.45) is 0 Å². The van der Waals surface area contributed by atoms with Gasteiger partial charge in [0.25, 0.3) is 0 Å². The summed E-state index contributed by atoms with van der Waals surface area (Å²) in [7, 11) is 0. The Balaban J connectivity index is 1.27. The third-order valence-corrected chi connectivity index (χ3v) is 5.91. The number of hydrogen-bond donors (Lipinski definition) is 1. The summed E-state index contributed by atoms with van der Waals surface area (Å²) in [6.07, 6.45) is 4.28. The van der Waals surface area contributed by atoms with Crippen LogP contribution in [0.4, 0.5) is 4.79 Å². The molecule has 1 aromatic carbocycles. The minimum absolute atomic E-state index is 0.0609. The minimum Gasteiger partial charge on any atom is -0.487 e. The quantitative estimate of drug-likeness (QED) is 0.877. The minimum atomic E-state index is -0.397. The van der Waals surface area contributed by atoms with Crippen molar-refractivity contribution in [3.8, 4) is 5.75 Å². The maximum Gasteiger partial charge on any atom is 0.324 e. The van der Waals surface area contributed by atoms with Crippen LogP contribution in [0.25, 0.3) is 0 Å². The second-order valence-corrected chi connectivity index (χ2v) is 7.61. The second kappa shape index (κ2) is 7.21. The molecule has 1 N–H and O–H groups in total. The summed E-state index contributed by atoms with van der Waals surface area (Å²) in [5, 5.41) is 2.29. The first-order valence-electron chi connectivity index (χ1n) is 9.68. The van der Waals surface area contributed by atoms with Crippen molar-refractivity contribution in [1.29, 1.82) is 0 Å². The number of likely N-dealkylation sites (tertiary alicyclic amines) is 1. The van der Waals surface area contributed by atoms with Gasteiger partial charge >= 0.3 is 6.03 Å². The van der Waals surface area contributed by atoms with Gasteiger partial charge in [0.2, 0.25) is 11.8 Å². The van der Waals surface area contributed by atoms with E-state index in [1.54, 1.807) is 0 Å². The van der Waals surface area contributed by atoms with Crippen LogP contribution >= 0.6 is 0 Å². The van der Waals surface area contributed by atoms with E-state index < -0.39 is 6.03 Å². The third-order valence-electron chi connectivity index (χ3n) is 5.91. The van der Waals surface area contributed by atoms with Crippen LogP contribution in [0.2, 0.25) is 0 Å². The molecule has 0 bridgehead atoms. The molecule has 7 nitrogen and oxygen atoms in total. The van der Waals surface area contributed by atoms with Crippen LogP contribution in [0, 0.1) is 0 Å². The normalized spacial score (nSPS) is 21.5. The van der Waals surface area contributed by atoms with E-state index in [1.165, 1.54) is 10.5 Å². The van der Waals surface area contributed by atoms with Crippen molar-refractivity contribution in [3.05, 3.63) is 29.8 Å². The molecule has 0 unspecified atom stereocenters. The number of ether oxygens (including phenoxy) is 1. The summed E-state index contributed by atoms with van der Waals surface area (Å²) in [4.78, 5) is 38.9. The van der Waals surface area contributed by atoms with E-state index in [-0.39, 0.29) is 23.8 Å². The number of amides is 4. The van der Waals surface area contributed by atoms with Gasteiger partial charge in [0.15, 0.2) is 0 Å². The fourth-order valence-corrected chi connectivity index (χ4v) is 4.17. The molecule has 0 radical (unpaired) electrons. The summed E-state index contributed by atoms with van der Waals surface area (Å²) in [6, 6.07) is 7.79. The predicted octanol–water partition coefficient (Wildman–Crippen LogP) is 1.70. The smallest absolute Gasteiger partial charge is 0.324 e. The fourth-order valence-electron chi connectivity index (χ4n) is 4.17. The first-order valence-corrected chi connectivity index (χ1v) is 9.68. The van der Waals surface area contributed by atoms with Gasteiger partial charge in [-0.25, -0.2) is 4.79 Å². The van der Waals surface area contributed by atoms with E-state index >= 15 is 0 Å². The molecule has 3 aliphatic heterocycles. The number of imide groups is 1. The zero-order chi connectivity index (χ0) is 18.9. The summed E-state index contributed by atoms with van der Waals surface area (Å²) in [6.45, 7) is 2.11. The zero-order valence-corrected chi connectivity index (χ0v) is 15.4. The number of benzene rings is 1. The number of carbonyl (C=O) groups excluding carboxylic acids is 3. The van der Waals surface area contributed by atoms with E-state index in [2.05, 4.69) is 11.4 Å². The van der Waals surface area contributed by atoms with E-state index in [9.17, 15) is 14.4 Å². The molecule has 0 atom stereocenters. The summed E-state index contributed by atoms with van der Waals surface area (Å²) < 4.78 is 6.34. The molecule has 1 aromatic rings. The standard InChI is InChI=1S/C20H25N3O4/c24-17-6-11-23(19(26)21-17)12-7-18(25)22-13-9-20(10-14-22)8-5-15-3-1-2-4-16(15)27-20/h1-4H,5-14H2,(H,21,24,26). The van der Waals surface area contributed by atoms with Crippen LogP contribution in [-0.2, 0) is 16.0 Å². The van der Waals surface area contributed by atoms with Crippen molar-refractivity contribution in [2.75, 3.05) is 26.2 Å². The predicted molar refractivity (Wildman–Crippen MR) is 98.3 cm³/mol. The molecule has 3 heterocycles. The number of carbonyl (C=O) groups is 3. The van der Waals surface area contributed by atoms with Crippen molar-refractivity contribution in [1.82, 2.24) is 15.1 Å². The van der Waals surface area contributed by atoms with E-state index in [4.69, 9.17) is 4.74 Å². The molecule has 1 spiro atoms. The Morgan fingerprint density at radius 3 is 2.63 bits per heavy atom. The SMILES string of the molecule is O=C1CCN(CCC(=O)N2CCC3(CCc4ccccc4O3)CC2)C(=O)N1. The molecular weight excluding hydrogens is 346 g/mol. The number of aryl methyl sites for hydroxylation is 1. The van der Waals surface area contributed by atoms with Crippen LogP contribution in [-0.4, -0.2) is 59.4 Å². The average Bonchev–Trinajstić information content (AvgIpc) is 2.67. The second-order valence-electron chi connectivity index (χ2n) is 7.61. The molecule has 3 aliphatic rings. The molecule has 4 rings (SSSR count). The van der Waals surface area contributed by atoms with Crippen LogP contribution < -0.4 is 10.1 Å². The maximum absolute atomic E-state index is 12.5. The Kier molecular flexibility index (Phi) is 4.76. The molecular formula is C20H25N3O4. The van der Waals surface area contributed by atoms with Gasteiger partial charge in [-0.05, 0) is 24.5 Å². The summed E-state index contributed by atoms with van der Waals surface area (Å²) in [5.74, 6) is 0.790. The largest absolute Gasteiger partial charge is 0.487 e. The molecule has 27 heavy (non-hydrogen) atoms. The van der Waals surface area contributed by atoms with Gasteiger partial charge in [-0.1, -0.05) is 18.2 Å². The lowest BCUT2D eigenvalue weighted by atomic mass is 9.83. The zero-order valence-electron chi connectivity index (χ0n) is 15.4. The molecule has 0 aliphatic carbocycles. The Morgan fingerprint density at radius 2 is 1.85 bits per heavy atom. The van der Waals surface area contributed by atoms with Gasteiger partial charge in [-0.2, -0.15) is 0 Å². The fraction of sp³-hybridized carbons (Fsp3) is 0.550. The Bertz CT molecular complexity index is 755. The summed E-state index contributed by atoms with van der Waals surface area (Å²) in [5.41, 5.74) is 1.11. The van der Waals surface area contributed by atoms with Crippen LogP contribution in [0.5, 0.6) is 5.75 Å². The molecule has 0 aromatic heterocycles. The highest BCUT2D eigenvalue weighted by Crippen LogP contribution is 2.39. The molecule has 7 heteroatoms. The lowest BCUT2D eigenvalue weighted by Crippen LogP contribution is -2.52. The number of para-hydroxylation sites is 1. The van der Waals surface area contributed by atoms with E-state index in [1.807, 2.05) is 23.1 Å². The topological polar surface area (TPSA) is 79.0 Å². The van der Waals surface area contributed by atoms with E-state index in [0.29, 0.717) is 32.6 Å². The van der Waals surface area contributed by atoms with Gasteiger partial charge in [-0.15, -0.1) is 0 Å². The summed E-state index contributed by atoms with van der Waals surface area (Å²) >= 11 is 0. The molecule has 2 fully saturated rings. The monoisotopic (exact) mass is 371 g/mol. The Labute approximate surface area is 158 Å². The van der Waals surface area contributed by atoms with Gasteiger partial charge < -0.3 is 14.5 Å². The number of nitrogens with one attached hydrogen (secondary N) is 1. The number of nitrogens with zero attached hydrogens (tertiary/aromatic N) is 2. The highest BCUT2D eigenvalue weighted by atomic mass is 16.5. The molecule has 0 saturated carbocycles. The van der Waals surface area contributed by atoms with Crippen molar-refractivity contribution < 1.29 is 19.1 Å². The van der Waals surface area contributed by atoms with Gasteiger partial charge in [0.05, 0.1) is 0 Å². The number of urea groups is 1. The molecule has 4 amide bonds. The number of piperidine rings is 1. The van der Waals surface area contributed by atoms with E-state index in [0.717, 1.165) is 31.4 Å². The molecule has 144 valence electrons. The first kappa shape index (κ1) is 17.8.